The first-order chi connectivity index (χ1) is 9.99. The number of methoxy groups -OCH3 is 1. The van der Waals surface area contributed by atoms with Crippen LogP contribution in [-0.2, 0) is 4.79 Å². The lowest BCUT2D eigenvalue weighted by Crippen LogP contribution is -2.23. The van der Waals surface area contributed by atoms with Gasteiger partial charge in [0.2, 0.25) is 5.16 Å². The van der Waals surface area contributed by atoms with Crippen molar-refractivity contribution in [2.24, 2.45) is 0 Å². The molecule has 2 aromatic rings. The molecule has 21 heavy (non-hydrogen) atoms. The maximum Gasteiger partial charge on any atom is 0.213 e. The van der Waals surface area contributed by atoms with Crippen molar-refractivity contribution in [1.29, 1.82) is 0 Å². The molecule has 1 N–H and O–H groups in total. The normalized spacial score (nSPS) is 11.5. The van der Waals surface area contributed by atoms with E-state index in [0.29, 0.717) is 22.3 Å². The summed E-state index contributed by atoms with van der Waals surface area (Å²) in [7, 11) is 1.56. The molecular weight excluding hydrogens is 358 g/mol. The standard InChI is InChI=1S/C13H12BrN3O3S/c1-7-15-13(17-16-7)21-11(12(18)19)6-8-3-4-10(20-2)9(14)5-8/h3-6H,1-2H3,(H,18,19)(H,15,16,17)/p-1/b11-6+. The van der Waals surface area contributed by atoms with E-state index >= 15 is 0 Å². The summed E-state index contributed by atoms with van der Waals surface area (Å²) in [4.78, 5) is 15.3. The number of carboxylic acids is 1. The zero-order chi connectivity index (χ0) is 15.4. The van der Waals surface area contributed by atoms with E-state index in [-0.39, 0.29) is 4.91 Å². The number of carbonyl (C=O) groups excluding carboxylic acids is 1. The SMILES string of the molecule is COc1ccc(/C=C(/Sc2n[nH]c(C)n2)C(=O)[O-])cc1Br. The van der Waals surface area contributed by atoms with Gasteiger partial charge >= 0.3 is 0 Å². The average Bonchev–Trinajstić information content (AvgIpc) is 2.83. The van der Waals surface area contributed by atoms with E-state index in [2.05, 4.69) is 31.1 Å². The zero-order valence-electron chi connectivity index (χ0n) is 11.2. The number of hydrogen-bond acceptors (Lipinski definition) is 6. The summed E-state index contributed by atoms with van der Waals surface area (Å²) in [5.41, 5.74) is 0.696. The van der Waals surface area contributed by atoms with Crippen molar-refractivity contribution in [3.8, 4) is 5.75 Å². The predicted octanol–water partition coefficient (Wildman–Crippen LogP) is 1.77. The van der Waals surface area contributed by atoms with E-state index in [9.17, 15) is 9.90 Å². The van der Waals surface area contributed by atoms with Gasteiger partial charge in [0.15, 0.2) is 0 Å². The van der Waals surface area contributed by atoms with Crippen molar-refractivity contribution in [2.75, 3.05) is 7.11 Å². The van der Waals surface area contributed by atoms with Crippen LogP contribution in [0.3, 0.4) is 0 Å². The number of aryl methyl sites for hydroxylation is 1. The largest absolute Gasteiger partial charge is 0.544 e. The summed E-state index contributed by atoms with van der Waals surface area (Å²) in [5.74, 6) is -0.00354. The second-order valence-electron chi connectivity index (χ2n) is 4.00. The maximum absolute atomic E-state index is 11.2. The number of aromatic amines is 1. The van der Waals surface area contributed by atoms with Crippen molar-refractivity contribution in [2.45, 2.75) is 12.1 Å². The molecule has 8 heteroatoms. The number of aliphatic carboxylic acids is 1. The Morgan fingerprint density at radius 3 is 2.81 bits per heavy atom. The Morgan fingerprint density at radius 1 is 1.52 bits per heavy atom. The van der Waals surface area contributed by atoms with E-state index in [4.69, 9.17) is 4.74 Å². The van der Waals surface area contributed by atoms with Crippen molar-refractivity contribution >= 4 is 39.7 Å². The van der Waals surface area contributed by atoms with Crippen LogP contribution in [0.2, 0.25) is 0 Å². The van der Waals surface area contributed by atoms with Crippen LogP contribution in [0.5, 0.6) is 5.75 Å². The van der Waals surface area contributed by atoms with E-state index in [0.717, 1.165) is 16.2 Å². The second kappa shape index (κ2) is 6.77. The molecule has 0 saturated heterocycles. The third-order valence-corrected chi connectivity index (χ3v) is 3.94. The first-order valence-corrected chi connectivity index (χ1v) is 7.44. The van der Waals surface area contributed by atoms with Gasteiger partial charge in [0, 0.05) is 4.91 Å². The van der Waals surface area contributed by atoms with Crippen LogP contribution < -0.4 is 9.84 Å². The van der Waals surface area contributed by atoms with Gasteiger partial charge < -0.3 is 14.6 Å². The number of carbonyl (C=O) groups is 1. The highest BCUT2D eigenvalue weighted by molar-refractivity contribution is 9.10. The van der Waals surface area contributed by atoms with E-state index in [1.54, 1.807) is 32.2 Å². The first kappa shape index (κ1) is 15.6. The number of nitrogens with one attached hydrogen (secondary N) is 1. The molecule has 0 aliphatic heterocycles. The van der Waals surface area contributed by atoms with Gasteiger partial charge in [0.1, 0.15) is 11.6 Å². The van der Waals surface area contributed by atoms with E-state index in [1.807, 2.05) is 0 Å². The maximum atomic E-state index is 11.2. The Labute approximate surface area is 133 Å². The van der Waals surface area contributed by atoms with E-state index in [1.165, 1.54) is 6.08 Å². The molecular formula is C13H11BrN3O3S-. The number of H-pyrrole nitrogens is 1. The molecule has 2 rings (SSSR count). The number of carboxylic acid groups (broad SMARTS) is 1. The van der Waals surface area contributed by atoms with Crippen LogP contribution in [0.4, 0.5) is 0 Å². The number of ether oxygens (including phenoxy) is 1. The summed E-state index contributed by atoms with van der Waals surface area (Å²) in [6.45, 7) is 1.74. The quantitative estimate of drug-likeness (QED) is 0.638. The van der Waals surface area contributed by atoms with Crippen molar-refractivity contribution in [3.63, 3.8) is 0 Å². The van der Waals surface area contributed by atoms with Gasteiger partial charge in [0.25, 0.3) is 0 Å². The molecule has 110 valence electrons. The average molecular weight is 369 g/mol. The fourth-order valence-electron chi connectivity index (χ4n) is 1.52. The number of aromatic nitrogens is 3. The summed E-state index contributed by atoms with van der Waals surface area (Å²) in [6.07, 6.45) is 1.50. The Balaban J connectivity index is 2.29. The smallest absolute Gasteiger partial charge is 0.213 e. The molecule has 0 amide bonds. The van der Waals surface area contributed by atoms with Crippen molar-refractivity contribution in [1.82, 2.24) is 15.2 Å². The third kappa shape index (κ3) is 4.08. The zero-order valence-corrected chi connectivity index (χ0v) is 13.6. The molecule has 0 saturated carbocycles. The summed E-state index contributed by atoms with van der Waals surface area (Å²) in [5, 5.41) is 18.1. The van der Waals surface area contributed by atoms with Gasteiger partial charge in [-0.25, -0.2) is 4.98 Å². The van der Waals surface area contributed by atoms with Gasteiger partial charge in [-0.3, -0.25) is 5.10 Å². The molecule has 1 heterocycles. The van der Waals surface area contributed by atoms with E-state index < -0.39 is 5.97 Å². The Hall–Kier alpha value is -1.80. The molecule has 0 radical (unpaired) electrons. The minimum atomic E-state index is -1.28. The Kier molecular flexibility index (Phi) is 5.03. The lowest BCUT2D eigenvalue weighted by Gasteiger charge is -2.07. The van der Waals surface area contributed by atoms with Crippen LogP contribution >= 0.6 is 27.7 Å². The molecule has 0 aliphatic carbocycles. The number of halogens is 1. The van der Waals surface area contributed by atoms with Gasteiger partial charge in [-0.05, 0) is 58.4 Å². The molecule has 1 aromatic carbocycles. The number of thioether (sulfide) groups is 1. The van der Waals surface area contributed by atoms with Crippen LogP contribution in [0.1, 0.15) is 11.4 Å². The minimum absolute atomic E-state index is 0.0195. The highest BCUT2D eigenvalue weighted by atomic mass is 79.9. The fourth-order valence-corrected chi connectivity index (χ4v) is 2.83. The minimum Gasteiger partial charge on any atom is -0.544 e. The molecule has 0 atom stereocenters. The first-order valence-electron chi connectivity index (χ1n) is 5.83. The Bertz CT molecular complexity index is 700. The molecule has 0 fully saturated rings. The molecule has 0 spiro atoms. The summed E-state index contributed by atoms with van der Waals surface area (Å²) < 4.78 is 5.86. The lowest BCUT2D eigenvalue weighted by atomic mass is 10.2. The topological polar surface area (TPSA) is 90.9 Å². The number of nitrogens with zero attached hydrogens (tertiary/aromatic N) is 2. The van der Waals surface area contributed by atoms with Gasteiger partial charge in [-0.15, -0.1) is 5.10 Å². The number of rotatable bonds is 5. The third-order valence-electron chi connectivity index (χ3n) is 2.45. The molecule has 1 aromatic heterocycles. The number of hydrogen-bond donors (Lipinski definition) is 1. The molecule has 6 nitrogen and oxygen atoms in total. The van der Waals surface area contributed by atoms with Gasteiger partial charge in [0.05, 0.1) is 17.6 Å². The second-order valence-corrected chi connectivity index (χ2v) is 5.86. The van der Waals surface area contributed by atoms with Gasteiger partial charge in [-0.2, -0.15) is 0 Å². The van der Waals surface area contributed by atoms with Gasteiger partial charge in [-0.1, -0.05) is 6.07 Å². The predicted molar refractivity (Wildman–Crippen MR) is 80.7 cm³/mol. The summed E-state index contributed by atoms with van der Waals surface area (Å²) in [6, 6.07) is 5.24. The van der Waals surface area contributed by atoms with Crippen LogP contribution in [-0.4, -0.2) is 28.3 Å². The Morgan fingerprint density at radius 2 is 2.29 bits per heavy atom. The fraction of sp³-hybridized carbons (Fsp3) is 0.154. The van der Waals surface area contributed by atoms with Crippen LogP contribution in [0.15, 0.2) is 32.7 Å². The molecule has 0 aliphatic rings. The van der Waals surface area contributed by atoms with Crippen molar-refractivity contribution in [3.05, 3.63) is 39.0 Å². The van der Waals surface area contributed by atoms with Crippen LogP contribution in [0.25, 0.3) is 6.08 Å². The molecule has 0 unspecified atom stereocenters. The highest BCUT2D eigenvalue weighted by Gasteiger charge is 2.08. The lowest BCUT2D eigenvalue weighted by molar-refractivity contribution is -0.297. The number of benzene rings is 1. The summed E-state index contributed by atoms with van der Waals surface area (Å²) >= 11 is 4.28. The van der Waals surface area contributed by atoms with Crippen LogP contribution in [0, 0.1) is 6.92 Å². The highest BCUT2D eigenvalue weighted by Crippen LogP contribution is 2.29. The monoisotopic (exact) mass is 368 g/mol. The van der Waals surface area contributed by atoms with Crippen molar-refractivity contribution < 1.29 is 14.6 Å². The molecule has 0 bridgehead atoms.